The number of nitriles is 1. The highest BCUT2D eigenvalue weighted by Gasteiger charge is 2.24. The van der Waals surface area contributed by atoms with E-state index >= 15 is 0 Å². The summed E-state index contributed by atoms with van der Waals surface area (Å²) < 4.78 is 1.35. The van der Waals surface area contributed by atoms with Gasteiger partial charge in [-0.25, -0.2) is 4.68 Å². The maximum atomic E-state index is 11.5. The standard InChI is InChI=1S/C16H19N7O/c1-22-15(24)6-5-14(21-22)23-9-3-2-4-13(23)11-18-16-12(10-17)7-8-19-20-16/h5-8,13H,2-4,9,11H2,1H3,(H,18,20). The summed E-state index contributed by atoms with van der Waals surface area (Å²) in [5.74, 6) is 1.29. The van der Waals surface area contributed by atoms with Gasteiger partial charge in [-0.15, -0.1) is 5.10 Å². The molecule has 0 amide bonds. The lowest BCUT2D eigenvalue weighted by Gasteiger charge is -2.36. The number of piperidine rings is 1. The second-order valence-electron chi connectivity index (χ2n) is 5.78. The fourth-order valence-corrected chi connectivity index (χ4v) is 2.92. The van der Waals surface area contributed by atoms with Gasteiger partial charge in [0, 0.05) is 32.2 Å². The monoisotopic (exact) mass is 325 g/mol. The molecule has 1 aliphatic heterocycles. The summed E-state index contributed by atoms with van der Waals surface area (Å²) in [5, 5.41) is 24.5. The Kier molecular flexibility index (Phi) is 4.70. The summed E-state index contributed by atoms with van der Waals surface area (Å²) in [7, 11) is 1.65. The van der Waals surface area contributed by atoms with E-state index in [4.69, 9.17) is 5.26 Å². The first-order chi connectivity index (χ1) is 11.7. The molecule has 0 bridgehead atoms. The van der Waals surface area contributed by atoms with E-state index in [0.717, 1.165) is 31.6 Å². The zero-order chi connectivity index (χ0) is 16.9. The smallest absolute Gasteiger partial charge is 0.266 e. The number of aromatic nitrogens is 4. The first kappa shape index (κ1) is 15.9. The third-order valence-electron chi connectivity index (χ3n) is 4.21. The van der Waals surface area contributed by atoms with E-state index in [1.54, 1.807) is 19.2 Å². The molecule has 2 aromatic heterocycles. The van der Waals surface area contributed by atoms with Crippen molar-refractivity contribution < 1.29 is 0 Å². The number of nitrogens with zero attached hydrogens (tertiary/aromatic N) is 6. The minimum absolute atomic E-state index is 0.122. The molecule has 1 aliphatic rings. The highest BCUT2D eigenvalue weighted by Crippen LogP contribution is 2.23. The molecule has 1 unspecified atom stereocenters. The van der Waals surface area contributed by atoms with Crippen LogP contribution in [0.5, 0.6) is 0 Å². The lowest BCUT2D eigenvalue weighted by Crippen LogP contribution is -2.45. The van der Waals surface area contributed by atoms with Crippen molar-refractivity contribution in [1.82, 2.24) is 20.0 Å². The highest BCUT2D eigenvalue weighted by molar-refractivity contribution is 5.50. The molecule has 0 aliphatic carbocycles. The van der Waals surface area contributed by atoms with Crippen LogP contribution in [0.4, 0.5) is 11.6 Å². The van der Waals surface area contributed by atoms with Gasteiger partial charge in [-0.2, -0.15) is 15.5 Å². The summed E-state index contributed by atoms with van der Waals surface area (Å²) in [6.45, 7) is 1.53. The number of rotatable bonds is 4. The SMILES string of the molecule is Cn1nc(N2CCCCC2CNc2nnccc2C#N)ccc1=O. The Hall–Kier alpha value is -2.95. The Labute approximate surface area is 139 Å². The van der Waals surface area contributed by atoms with Crippen molar-refractivity contribution in [3.05, 3.63) is 40.3 Å². The van der Waals surface area contributed by atoms with Gasteiger partial charge in [-0.05, 0) is 31.4 Å². The molecule has 124 valence electrons. The minimum Gasteiger partial charge on any atom is -0.365 e. The van der Waals surface area contributed by atoms with Crippen LogP contribution in [0.15, 0.2) is 29.2 Å². The second kappa shape index (κ2) is 7.08. The summed E-state index contributed by atoms with van der Waals surface area (Å²) in [6, 6.07) is 7.28. The quantitative estimate of drug-likeness (QED) is 0.892. The average Bonchev–Trinajstić information content (AvgIpc) is 2.63. The molecule has 0 saturated carbocycles. The van der Waals surface area contributed by atoms with Crippen LogP contribution < -0.4 is 15.8 Å². The fourth-order valence-electron chi connectivity index (χ4n) is 2.92. The van der Waals surface area contributed by atoms with E-state index in [2.05, 4.69) is 31.6 Å². The first-order valence-electron chi connectivity index (χ1n) is 7.95. The largest absolute Gasteiger partial charge is 0.365 e. The van der Waals surface area contributed by atoms with Crippen LogP contribution in [0.3, 0.4) is 0 Å². The van der Waals surface area contributed by atoms with Crippen LogP contribution in [0.2, 0.25) is 0 Å². The van der Waals surface area contributed by atoms with Crippen molar-refractivity contribution in [3.8, 4) is 6.07 Å². The van der Waals surface area contributed by atoms with Gasteiger partial charge in [0.25, 0.3) is 5.56 Å². The number of nitrogens with one attached hydrogen (secondary N) is 1. The van der Waals surface area contributed by atoms with Gasteiger partial charge in [0.1, 0.15) is 11.9 Å². The molecule has 8 nitrogen and oxygen atoms in total. The van der Waals surface area contributed by atoms with Crippen molar-refractivity contribution in [2.45, 2.75) is 25.3 Å². The van der Waals surface area contributed by atoms with Crippen molar-refractivity contribution in [3.63, 3.8) is 0 Å². The van der Waals surface area contributed by atoms with Gasteiger partial charge < -0.3 is 10.2 Å². The van der Waals surface area contributed by atoms with Crippen LogP contribution in [0.25, 0.3) is 0 Å². The molecule has 8 heteroatoms. The Bertz CT molecular complexity index is 811. The minimum atomic E-state index is -0.122. The summed E-state index contributed by atoms with van der Waals surface area (Å²) >= 11 is 0. The van der Waals surface area contributed by atoms with E-state index in [9.17, 15) is 4.79 Å². The summed E-state index contributed by atoms with van der Waals surface area (Å²) in [6.07, 6.45) is 4.75. The van der Waals surface area contributed by atoms with Crippen LogP contribution in [-0.2, 0) is 7.05 Å². The number of hydrogen-bond donors (Lipinski definition) is 1. The molecular weight excluding hydrogens is 306 g/mol. The zero-order valence-corrected chi connectivity index (χ0v) is 13.5. The molecule has 2 aromatic rings. The van der Waals surface area contributed by atoms with Crippen molar-refractivity contribution in [1.29, 1.82) is 5.26 Å². The first-order valence-corrected chi connectivity index (χ1v) is 7.95. The van der Waals surface area contributed by atoms with Crippen molar-refractivity contribution in [2.24, 2.45) is 7.05 Å². The Morgan fingerprint density at radius 2 is 2.25 bits per heavy atom. The molecule has 1 N–H and O–H groups in total. The average molecular weight is 325 g/mol. The van der Waals surface area contributed by atoms with E-state index in [1.165, 1.54) is 16.9 Å². The second-order valence-corrected chi connectivity index (χ2v) is 5.78. The lowest BCUT2D eigenvalue weighted by atomic mass is 10.0. The molecule has 0 spiro atoms. The normalized spacial score (nSPS) is 17.3. The summed E-state index contributed by atoms with van der Waals surface area (Å²) in [5.41, 5.74) is 0.358. The predicted octanol–water partition coefficient (Wildman–Crippen LogP) is 0.913. The Balaban J connectivity index is 1.76. The van der Waals surface area contributed by atoms with Gasteiger partial charge in [-0.1, -0.05) is 0 Å². The molecule has 1 fully saturated rings. The molecular formula is C16H19N7O. The topological polar surface area (TPSA) is 99.7 Å². The van der Waals surface area contributed by atoms with Gasteiger partial charge in [0.2, 0.25) is 0 Å². The molecule has 0 radical (unpaired) electrons. The van der Waals surface area contributed by atoms with Crippen LogP contribution in [0, 0.1) is 11.3 Å². The third kappa shape index (κ3) is 3.35. The zero-order valence-electron chi connectivity index (χ0n) is 13.5. The summed E-state index contributed by atoms with van der Waals surface area (Å²) in [4.78, 5) is 13.7. The van der Waals surface area contributed by atoms with Crippen LogP contribution in [-0.4, -0.2) is 39.1 Å². The predicted molar refractivity (Wildman–Crippen MR) is 89.7 cm³/mol. The van der Waals surface area contributed by atoms with Crippen molar-refractivity contribution in [2.75, 3.05) is 23.3 Å². The van der Waals surface area contributed by atoms with Crippen molar-refractivity contribution >= 4 is 11.6 Å². The van der Waals surface area contributed by atoms with E-state index in [-0.39, 0.29) is 11.6 Å². The number of anilines is 2. The lowest BCUT2D eigenvalue weighted by molar-refractivity contribution is 0.464. The number of hydrogen-bond acceptors (Lipinski definition) is 7. The van der Waals surface area contributed by atoms with E-state index in [1.807, 2.05) is 0 Å². The fraction of sp³-hybridized carbons (Fsp3) is 0.438. The highest BCUT2D eigenvalue weighted by atomic mass is 16.1. The Morgan fingerprint density at radius 3 is 3.04 bits per heavy atom. The maximum Gasteiger partial charge on any atom is 0.266 e. The number of aryl methyl sites for hydroxylation is 1. The van der Waals surface area contributed by atoms with Crippen LogP contribution >= 0.6 is 0 Å². The maximum absolute atomic E-state index is 11.5. The molecule has 1 atom stereocenters. The van der Waals surface area contributed by atoms with Gasteiger partial charge in [0.05, 0.1) is 11.8 Å². The molecule has 3 heterocycles. The van der Waals surface area contributed by atoms with Gasteiger partial charge in [0.15, 0.2) is 5.82 Å². The molecule has 3 rings (SSSR count). The van der Waals surface area contributed by atoms with Gasteiger partial charge in [-0.3, -0.25) is 4.79 Å². The molecule has 24 heavy (non-hydrogen) atoms. The van der Waals surface area contributed by atoms with Gasteiger partial charge >= 0.3 is 0 Å². The van der Waals surface area contributed by atoms with E-state index < -0.39 is 0 Å². The third-order valence-corrected chi connectivity index (χ3v) is 4.21. The van der Waals surface area contributed by atoms with Crippen LogP contribution in [0.1, 0.15) is 24.8 Å². The molecule has 0 aromatic carbocycles. The van der Waals surface area contributed by atoms with E-state index in [0.29, 0.717) is 17.9 Å². The molecule has 1 saturated heterocycles. The Morgan fingerprint density at radius 1 is 1.38 bits per heavy atom.